The standard InChI is InChI=1S/C24H25N3/c1-16(2)25-13-18-7-9-19(10-8-18)21-12-22-23(15-27-24(22)26-14-21)20-6-4-5-17(3)11-20/h4-12,14-16,25H,13H2,1-3H3,(H,26,27). The smallest absolute Gasteiger partial charge is 0.137 e. The van der Waals surface area contributed by atoms with Crippen LogP contribution in [0, 0.1) is 6.92 Å². The molecule has 0 saturated heterocycles. The minimum Gasteiger partial charge on any atom is -0.346 e. The van der Waals surface area contributed by atoms with E-state index in [9.17, 15) is 0 Å². The molecule has 0 spiro atoms. The van der Waals surface area contributed by atoms with E-state index in [2.05, 4.69) is 96.9 Å². The molecule has 0 unspecified atom stereocenters. The lowest BCUT2D eigenvalue weighted by molar-refractivity contribution is 0.589. The SMILES string of the molecule is Cc1cccc(-c2c[nH]c3ncc(-c4ccc(CNC(C)C)cc4)cc23)c1. The molecule has 0 aliphatic carbocycles. The van der Waals surface area contributed by atoms with Gasteiger partial charge in [0.2, 0.25) is 0 Å². The highest BCUT2D eigenvalue weighted by Gasteiger charge is 2.09. The van der Waals surface area contributed by atoms with Crippen molar-refractivity contribution in [3.05, 3.63) is 78.1 Å². The Morgan fingerprint density at radius 3 is 2.52 bits per heavy atom. The topological polar surface area (TPSA) is 40.7 Å². The number of pyridine rings is 1. The summed E-state index contributed by atoms with van der Waals surface area (Å²) in [5.74, 6) is 0. The Kier molecular flexibility index (Phi) is 4.78. The average molecular weight is 355 g/mol. The van der Waals surface area contributed by atoms with Crippen LogP contribution >= 0.6 is 0 Å². The molecule has 2 aromatic carbocycles. The fourth-order valence-corrected chi connectivity index (χ4v) is 3.35. The maximum atomic E-state index is 4.64. The lowest BCUT2D eigenvalue weighted by Gasteiger charge is -2.09. The molecule has 2 N–H and O–H groups in total. The highest BCUT2D eigenvalue weighted by atomic mass is 14.9. The number of hydrogen-bond donors (Lipinski definition) is 2. The average Bonchev–Trinajstić information content (AvgIpc) is 3.10. The van der Waals surface area contributed by atoms with E-state index in [1.165, 1.54) is 27.8 Å². The maximum Gasteiger partial charge on any atom is 0.137 e. The summed E-state index contributed by atoms with van der Waals surface area (Å²) in [7, 11) is 0. The summed E-state index contributed by atoms with van der Waals surface area (Å²) in [5.41, 5.74) is 8.22. The minimum absolute atomic E-state index is 0.491. The third kappa shape index (κ3) is 3.79. The van der Waals surface area contributed by atoms with Gasteiger partial charge in [-0.3, -0.25) is 0 Å². The van der Waals surface area contributed by atoms with Crippen LogP contribution < -0.4 is 5.32 Å². The number of hydrogen-bond acceptors (Lipinski definition) is 2. The van der Waals surface area contributed by atoms with Crippen molar-refractivity contribution in [3.8, 4) is 22.3 Å². The Hall–Kier alpha value is -2.91. The number of fused-ring (bicyclic) bond motifs is 1. The number of rotatable bonds is 5. The molecule has 0 aliphatic rings. The Labute approximate surface area is 160 Å². The van der Waals surface area contributed by atoms with E-state index in [0.29, 0.717) is 6.04 Å². The quantitative estimate of drug-likeness (QED) is 0.482. The predicted molar refractivity (Wildman–Crippen MR) is 114 cm³/mol. The van der Waals surface area contributed by atoms with Crippen LogP contribution in [-0.4, -0.2) is 16.0 Å². The number of aromatic amines is 1. The summed E-state index contributed by atoms with van der Waals surface area (Å²) in [4.78, 5) is 7.94. The van der Waals surface area contributed by atoms with Crippen LogP contribution in [0.3, 0.4) is 0 Å². The van der Waals surface area contributed by atoms with E-state index in [-0.39, 0.29) is 0 Å². The Bertz CT molecular complexity index is 1060. The Balaban J connectivity index is 1.68. The molecule has 0 atom stereocenters. The molecule has 0 saturated carbocycles. The van der Waals surface area contributed by atoms with Gasteiger partial charge in [0.05, 0.1) is 0 Å². The van der Waals surface area contributed by atoms with E-state index in [4.69, 9.17) is 0 Å². The molecule has 4 rings (SSSR count). The summed E-state index contributed by atoms with van der Waals surface area (Å²) in [6, 6.07) is 20.1. The molecule has 4 aromatic rings. The molecule has 0 aliphatic heterocycles. The molecule has 3 heteroatoms. The van der Waals surface area contributed by atoms with E-state index >= 15 is 0 Å². The Morgan fingerprint density at radius 1 is 0.963 bits per heavy atom. The number of benzene rings is 2. The van der Waals surface area contributed by atoms with Crippen LogP contribution in [0.25, 0.3) is 33.3 Å². The highest BCUT2D eigenvalue weighted by Crippen LogP contribution is 2.31. The molecule has 27 heavy (non-hydrogen) atoms. The fraction of sp³-hybridized carbons (Fsp3) is 0.208. The Morgan fingerprint density at radius 2 is 1.78 bits per heavy atom. The molecule has 0 bridgehead atoms. The van der Waals surface area contributed by atoms with Gasteiger partial charge < -0.3 is 10.3 Å². The number of aryl methyl sites for hydroxylation is 1. The second-order valence-electron chi connectivity index (χ2n) is 7.42. The van der Waals surface area contributed by atoms with Crippen molar-refractivity contribution in [2.75, 3.05) is 0 Å². The molecule has 2 aromatic heterocycles. The van der Waals surface area contributed by atoms with Crippen molar-refractivity contribution in [1.29, 1.82) is 0 Å². The van der Waals surface area contributed by atoms with Crippen LogP contribution in [0.4, 0.5) is 0 Å². The van der Waals surface area contributed by atoms with Crippen molar-refractivity contribution in [2.24, 2.45) is 0 Å². The monoisotopic (exact) mass is 355 g/mol. The number of aromatic nitrogens is 2. The second kappa shape index (κ2) is 7.37. The third-order valence-corrected chi connectivity index (χ3v) is 4.86. The van der Waals surface area contributed by atoms with Gasteiger partial charge in [-0.1, -0.05) is 67.9 Å². The van der Waals surface area contributed by atoms with Gasteiger partial charge in [0.1, 0.15) is 5.65 Å². The van der Waals surface area contributed by atoms with Crippen LogP contribution in [0.2, 0.25) is 0 Å². The normalized spacial score (nSPS) is 11.4. The lowest BCUT2D eigenvalue weighted by Crippen LogP contribution is -2.21. The molecule has 3 nitrogen and oxygen atoms in total. The first-order valence-electron chi connectivity index (χ1n) is 9.47. The van der Waals surface area contributed by atoms with Crippen molar-refractivity contribution in [1.82, 2.24) is 15.3 Å². The van der Waals surface area contributed by atoms with Crippen molar-refractivity contribution in [2.45, 2.75) is 33.4 Å². The van der Waals surface area contributed by atoms with Gasteiger partial charge in [-0.25, -0.2) is 4.98 Å². The fourth-order valence-electron chi connectivity index (χ4n) is 3.35. The maximum absolute atomic E-state index is 4.64. The zero-order valence-electron chi connectivity index (χ0n) is 16.1. The first kappa shape index (κ1) is 17.5. The van der Waals surface area contributed by atoms with Gasteiger partial charge in [-0.2, -0.15) is 0 Å². The highest BCUT2D eigenvalue weighted by molar-refractivity contribution is 5.95. The molecule has 136 valence electrons. The molecular formula is C24H25N3. The van der Waals surface area contributed by atoms with Gasteiger partial charge in [0.25, 0.3) is 0 Å². The minimum atomic E-state index is 0.491. The molecular weight excluding hydrogens is 330 g/mol. The van der Waals surface area contributed by atoms with E-state index in [1.807, 2.05) is 6.20 Å². The van der Waals surface area contributed by atoms with Crippen molar-refractivity contribution >= 4 is 11.0 Å². The molecule has 2 heterocycles. The van der Waals surface area contributed by atoms with Crippen LogP contribution in [0.5, 0.6) is 0 Å². The number of nitrogens with one attached hydrogen (secondary N) is 2. The summed E-state index contributed by atoms with van der Waals surface area (Å²) in [6.45, 7) is 7.35. The second-order valence-corrected chi connectivity index (χ2v) is 7.42. The third-order valence-electron chi connectivity index (χ3n) is 4.86. The lowest BCUT2D eigenvalue weighted by atomic mass is 10.0. The molecule has 0 fully saturated rings. The zero-order valence-corrected chi connectivity index (χ0v) is 16.1. The van der Waals surface area contributed by atoms with Crippen molar-refractivity contribution in [3.63, 3.8) is 0 Å². The van der Waals surface area contributed by atoms with Crippen LogP contribution in [0.15, 0.2) is 67.0 Å². The zero-order chi connectivity index (χ0) is 18.8. The summed E-state index contributed by atoms with van der Waals surface area (Å²) < 4.78 is 0. The van der Waals surface area contributed by atoms with Crippen molar-refractivity contribution < 1.29 is 0 Å². The first-order chi connectivity index (χ1) is 13.1. The van der Waals surface area contributed by atoms with Gasteiger partial charge in [0.15, 0.2) is 0 Å². The number of nitrogens with zero attached hydrogens (tertiary/aromatic N) is 1. The number of H-pyrrole nitrogens is 1. The van der Waals surface area contributed by atoms with Gasteiger partial charge in [0, 0.05) is 41.5 Å². The van der Waals surface area contributed by atoms with E-state index < -0.39 is 0 Å². The summed E-state index contributed by atoms with van der Waals surface area (Å²) in [6.07, 6.45) is 4.00. The van der Waals surface area contributed by atoms with Crippen LogP contribution in [0.1, 0.15) is 25.0 Å². The first-order valence-corrected chi connectivity index (χ1v) is 9.47. The molecule has 0 radical (unpaired) electrons. The van der Waals surface area contributed by atoms with Gasteiger partial charge in [-0.05, 0) is 29.7 Å². The van der Waals surface area contributed by atoms with E-state index in [1.54, 1.807) is 0 Å². The van der Waals surface area contributed by atoms with Gasteiger partial charge in [-0.15, -0.1) is 0 Å². The largest absolute Gasteiger partial charge is 0.346 e. The molecule has 0 amide bonds. The van der Waals surface area contributed by atoms with E-state index in [0.717, 1.165) is 23.1 Å². The summed E-state index contributed by atoms with van der Waals surface area (Å²) in [5, 5.41) is 4.61. The predicted octanol–water partition coefficient (Wildman–Crippen LogP) is 5.70. The summed E-state index contributed by atoms with van der Waals surface area (Å²) >= 11 is 0. The van der Waals surface area contributed by atoms with Gasteiger partial charge >= 0.3 is 0 Å². The van der Waals surface area contributed by atoms with Crippen LogP contribution in [-0.2, 0) is 6.54 Å².